The first kappa shape index (κ1) is 12.8. The molecular weight excluding hydrogens is 247 g/mol. The molecule has 0 spiro atoms. The average molecular weight is 254 g/mol. The summed E-state index contributed by atoms with van der Waals surface area (Å²) in [7, 11) is 0. The van der Waals surface area contributed by atoms with Crippen molar-refractivity contribution in [3.8, 4) is 0 Å². The van der Waals surface area contributed by atoms with E-state index in [-0.39, 0.29) is 17.2 Å². The van der Waals surface area contributed by atoms with E-state index in [1.807, 2.05) is 0 Å². The predicted molar refractivity (Wildman–Crippen MR) is 50.2 cm³/mol. The maximum atomic E-state index is 12.2. The summed E-state index contributed by atoms with van der Waals surface area (Å²) in [5, 5.41) is -0.333. The van der Waals surface area contributed by atoms with Gasteiger partial charge in [0.1, 0.15) is 5.69 Å². The van der Waals surface area contributed by atoms with Crippen LogP contribution in [0.2, 0.25) is 5.02 Å². The van der Waals surface area contributed by atoms with Crippen LogP contribution in [0.3, 0.4) is 0 Å². The minimum atomic E-state index is -4.59. The first-order valence-electron chi connectivity index (χ1n) is 4.26. The van der Waals surface area contributed by atoms with Crippen LogP contribution in [0.25, 0.3) is 0 Å². The van der Waals surface area contributed by atoms with Gasteiger partial charge in [0.05, 0.1) is 17.2 Å². The Labute approximate surface area is 94.2 Å². The number of pyridine rings is 1. The fourth-order valence-corrected chi connectivity index (χ4v) is 1.17. The smallest absolute Gasteiger partial charge is 0.433 e. The zero-order chi connectivity index (χ0) is 12.3. The molecule has 0 aliphatic heterocycles. The van der Waals surface area contributed by atoms with Crippen LogP contribution in [0, 0.1) is 0 Å². The molecule has 0 saturated carbocycles. The molecule has 0 unspecified atom stereocenters. The second-order valence-electron chi connectivity index (χ2n) is 2.77. The topological polar surface area (TPSA) is 39.2 Å². The fraction of sp³-hybridized carbons (Fsp3) is 0.333. The van der Waals surface area contributed by atoms with Crippen molar-refractivity contribution in [1.82, 2.24) is 4.98 Å². The lowest BCUT2D eigenvalue weighted by molar-refractivity contribution is -0.141. The summed E-state index contributed by atoms with van der Waals surface area (Å²) < 4.78 is 41.2. The SMILES string of the molecule is CCOC(=O)c1cnc(C(F)(F)F)cc1Cl. The number of rotatable bonds is 2. The van der Waals surface area contributed by atoms with Gasteiger partial charge in [0.15, 0.2) is 0 Å². The molecule has 0 N–H and O–H groups in total. The Kier molecular flexibility index (Phi) is 3.74. The summed E-state index contributed by atoms with van der Waals surface area (Å²) in [5.74, 6) is -0.797. The van der Waals surface area contributed by atoms with E-state index in [1.54, 1.807) is 6.92 Å². The van der Waals surface area contributed by atoms with E-state index in [4.69, 9.17) is 11.6 Å². The van der Waals surface area contributed by atoms with Crippen molar-refractivity contribution in [3.05, 3.63) is 28.5 Å². The van der Waals surface area contributed by atoms with Gasteiger partial charge in [-0.2, -0.15) is 13.2 Å². The Balaban J connectivity index is 3.05. The Morgan fingerprint density at radius 2 is 2.19 bits per heavy atom. The Morgan fingerprint density at radius 3 is 2.62 bits per heavy atom. The number of aromatic nitrogens is 1. The number of halogens is 4. The van der Waals surface area contributed by atoms with Crippen molar-refractivity contribution in [1.29, 1.82) is 0 Å². The van der Waals surface area contributed by atoms with E-state index >= 15 is 0 Å². The van der Waals surface area contributed by atoms with Gasteiger partial charge < -0.3 is 4.74 Å². The number of alkyl halides is 3. The molecule has 7 heteroatoms. The first-order valence-corrected chi connectivity index (χ1v) is 4.64. The van der Waals surface area contributed by atoms with E-state index in [9.17, 15) is 18.0 Å². The van der Waals surface area contributed by atoms with Crippen LogP contribution >= 0.6 is 11.6 Å². The highest BCUT2D eigenvalue weighted by Gasteiger charge is 2.33. The lowest BCUT2D eigenvalue weighted by Gasteiger charge is -2.08. The lowest BCUT2D eigenvalue weighted by atomic mass is 10.2. The molecule has 0 aromatic carbocycles. The maximum absolute atomic E-state index is 12.2. The van der Waals surface area contributed by atoms with Crippen LogP contribution in [0.1, 0.15) is 23.0 Å². The number of nitrogens with zero attached hydrogens (tertiary/aromatic N) is 1. The zero-order valence-electron chi connectivity index (χ0n) is 8.14. The normalized spacial score (nSPS) is 11.3. The molecule has 0 aliphatic rings. The Hall–Kier alpha value is -1.30. The molecule has 1 aromatic rings. The highest BCUT2D eigenvalue weighted by atomic mass is 35.5. The molecule has 16 heavy (non-hydrogen) atoms. The van der Waals surface area contributed by atoms with E-state index in [0.717, 1.165) is 6.20 Å². The zero-order valence-corrected chi connectivity index (χ0v) is 8.89. The van der Waals surface area contributed by atoms with Gasteiger partial charge in [-0.05, 0) is 13.0 Å². The van der Waals surface area contributed by atoms with Crippen LogP contribution < -0.4 is 0 Å². The van der Waals surface area contributed by atoms with Crippen molar-refractivity contribution in [2.75, 3.05) is 6.61 Å². The summed E-state index contributed by atoms with van der Waals surface area (Å²) in [5.41, 5.74) is -1.33. The van der Waals surface area contributed by atoms with Crippen molar-refractivity contribution in [3.63, 3.8) is 0 Å². The molecule has 0 amide bonds. The molecule has 0 atom stereocenters. The summed E-state index contributed by atoms with van der Waals surface area (Å²) in [6, 6.07) is 0.591. The Morgan fingerprint density at radius 1 is 1.56 bits per heavy atom. The predicted octanol–water partition coefficient (Wildman–Crippen LogP) is 2.93. The van der Waals surface area contributed by atoms with Gasteiger partial charge in [-0.25, -0.2) is 4.79 Å². The van der Waals surface area contributed by atoms with Gasteiger partial charge in [0.25, 0.3) is 0 Å². The molecule has 0 saturated heterocycles. The third-order valence-electron chi connectivity index (χ3n) is 1.64. The largest absolute Gasteiger partial charge is 0.462 e. The molecule has 1 rings (SSSR count). The monoisotopic (exact) mass is 253 g/mol. The molecule has 88 valence electrons. The third-order valence-corrected chi connectivity index (χ3v) is 1.95. The lowest BCUT2D eigenvalue weighted by Crippen LogP contribution is -2.11. The van der Waals surface area contributed by atoms with Gasteiger partial charge in [-0.1, -0.05) is 11.6 Å². The van der Waals surface area contributed by atoms with E-state index in [1.165, 1.54) is 0 Å². The number of esters is 1. The van der Waals surface area contributed by atoms with Gasteiger partial charge >= 0.3 is 12.1 Å². The van der Waals surface area contributed by atoms with Crippen molar-refractivity contribution in [2.24, 2.45) is 0 Å². The molecule has 0 radical (unpaired) electrons. The summed E-state index contributed by atoms with van der Waals surface area (Å²) in [6.45, 7) is 1.68. The molecule has 1 aromatic heterocycles. The molecule has 1 heterocycles. The maximum Gasteiger partial charge on any atom is 0.433 e. The second kappa shape index (κ2) is 4.69. The average Bonchev–Trinajstić information content (AvgIpc) is 2.16. The summed E-state index contributed by atoms with van der Waals surface area (Å²) >= 11 is 5.53. The number of ether oxygens (including phenoxy) is 1. The number of carbonyl (C=O) groups excluding carboxylic acids is 1. The van der Waals surface area contributed by atoms with Gasteiger partial charge in [0.2, 0.25) is 0 Å². The van der Waals surface area contributed by atoms with Crippen molar-refractivity contribution < 1.29 is 22.7 Å². The summed E-state index contributed by atoms with van der Waals surface area (Å²) in [4.78, 5) is 14.3. The fourth-order valence-electron chi connectivity index (χ4n) is 0.945. The van der Waals surface area contributed by atoms with Crippen LogP contribution in [0.5, 0.6) is 0 Å². The third kappa shape index (κ3) is 2.85. The Bertz CT molecular complexity index is 406. The molecule has 0 fully saturated rings. The number of hydrogen-bond donors (Lipinski definition) is 0. The van der Waals surface area contributed by atoms with E-state index < -0.39 is 17.8 Å². The molecular formula is C9H7ClF3NO2. The van der Waals surface area contributed by atoms with Crippen LogP contribution in [-0.2, 0) is 10.9 Å². The first-order chi connectivity index (χ1) is 7.36. The minimum Gasteiger partial charge on any atom is -0.462 e. The van der Waals surface area contributed by atoms with Crippen molar-refractivity contribution in [2.45, 2.75) is 13.1 Å². The van der Waals surface area contributed by atoms with Gasteiger partial charge in [-0.15, -0.1) is 0 Å². The van der Waals surface area contributed by atoms with E-state index in [2.05, 4.69) is 9.72 Å². The second-order valence-corrected chi connectivity index (χ2v) is 3.17. The number of carbonyl (C=O) groups is 1. The quantitative estimate of drug-likeness (QED) is 0.761. The highest BCUT2D eigenvalue weighted by Crippen LogP contribution is 2.30. The van der Waals surface area contributed by atoms with Gasteiger partial charge in [0, 0.05) is 6.20 Å². The van der Waals surface area contributed by atoms with Crippen molar-refractivity contribution >= 4 is 17.6 Å². The summed E-state index contributed by atoms with van der Waals surface area (Å²) in [6.07, 6.45) is -3.83. The van der Waals surface area contributed by atoms with Gasteiger partial charge in [-0.3, -0.25) is 4.98 Å². The molecule has 3 nitrogen and oxygen atoms in total. The number of hydrogen-bond acceptors (Lipinski definition) is 3. The highest BCUT2D eigenvalue weighted by molar-refractivity contribution is 6.33. The minimum absolute atomic E-state index is 0.107. The van der Waals surface area contributed by atoms with Crippen LogP contribution in [-0.4, -0.2) is 17.6 Å². The molecule has 0 aliphatic carbocycles. The molecule has 0 bridgehead atoms. The van der Waals surface area contributed by atoms with Crippen LogP contribution in [0.15, 0.2) is 12.3 Å². The van der Waals surface area contributed by atoms with Crippen LogP contribution in [0.4, 0.5) is 13.2 Å². The standard InChI is InChI=1S/C9H7ClF3NO2/c1-2-16-8(15)5-4-14-7(3-6(5)10)9(11,12)13/h3-4H,2H2,1H3. The van der Waals surface area contributed by atoms with E-state index in [0.29, 0.717) is 6.07 Å².